The van der Waals surface area contributed by atoms with E-state index in [1.165, 1.54) is 20.5 Å². The van der Waals surface area contributed by atoms with Crippen molar-refractivity contribution < 1.29 is 19.1 Å². The van der Waals surface area contributed by atoms with Crippen molar-refractivity contribution in [2.45, 2.75) is 31.7 Å². The first-order chi connectivity index (χ1) is 11.6. The Morgan fingerprint density at radius 2 is 1.92 bits per heavy atom. The minimum Gasteiger partial charge on any atom is -0.469 e. The average Bonchev–Trinajstić information content (AvgIpc) is 3.06. The molecule has 0 spiro atoms. The summed E-state index contributed by atoms with van der Waals surface area (Å²) in [5.41, 5.74) is 0.918. The van der Waals surface area contributed by atoms with Crippen molar-refractivity contribution in [1.29, 1.82) is 0 Å². The highest BCUT2D eigenvalue weighted by Crippen LogP contribution is 2.29. The fourth-order valence-electron chi connectivity index (χ4n) is 3.11. The van der Waals surface area contributed by atoms with Crippen LogP contribution in [0.15, 0.2) is 12.4 Å². The molecule has 0 aromatic carbocycles. The van der Waals surface area contributed by atoms with Gasteiger partial charge in [0.1, 0.15) is 23.5 Å². The van der Waals surface area contributed by atoms with Crippen LogP contribution in [0.25, 0.3) is 11.0 Å². The topological polar surface area (TPSA) is 106 Å². The van der Waals surface area contributed by atoms with Gasteiger partial charge in [0.25, 0.3) is 0 Å². The van der Waals surface area contributed by atoms with Crippen LogP contribution in [0, 0.1) is 5.92 Å². The van der Waals surface area contributed by atoms with Gasteiger partial charge >= 0.3 is 11.9 Å². The van der Waals surface area contributed by atoms with E-state index in [-0.39, 0.29) is 17.9 Å². The lowest BCUT2D eigenvalue weighted by molar-refractivity contribution is -0.146. The molecule has 2 heterocycles. The number of carbonyl (C=O) groups excluding carboxylic acids is 2. The lowest BCUT2D eigenvalue weighted by Gasteiger charge is -2.28. The minimum absolute atomic E-state index is 0.0170. The molecule has 1 saturated carbocycles. The van der Waals surface area contributed by atoms with Crippen molar-refractivity contribution >= 4 is 28.8 Å². The van der Waals surface area contributed by atoms with Crippen molar-refractivity contribution in [1.82, 2.24) is 15.0 Å². The van der Waals surface area contributed by atoms with Crippen LogP contribution in [-0.2, 0) is 14.3 Å². The van der Waals surface area contributed by atoms with Crippen LogP contribution in [0.2, 0.25) is 0 Å². The molecule has 1 aliphatic carbocycles. The molecule has 2 aromatic rings. The molecular formula is C16H20N4O4. The summed E-state index contributed by atoms with van der Waals surface area (Å²) >= 11 is 0. The Morgan fingerprint density at radius 1 is 1.17 bits per heavy atom. The van der Waals surface area contributed by atoms with Gasteiger partial charge < -0.3 is 19.8 Å². The van der Waals surface area contributed by atoms with Gasteiger partial charge in [-0.15, -0.1) is 0 Å². The molecule has 0 radical (unpaired) electrons. The number of esters is 2. The second kappa shape index (κ2) is 6.86. The van der Waals surface area contributed by atoms with Gasteiger partial charge in [-0.1, -0.05) is 0 Å². The van der Waals surface area contributed by atoms with Crippen molar-refractivity contribution in [3.8, 4) is 0 Å². The zero-order chi connectivity index (χ0) is 17.1. The van der Waals surface area contributed by atoms with Gasteiger partial charge in [0, 0.05) is 6.04 Å². The van der Waals surface area contributed by atoms with Gasteiger partial charge in [-0.2, -0.15) is 0 Å². The number of nitrogens with one attached hydrogen (secondary N) is 2. The van der Waals surface area contributed by atoms with Crippen molar-refractivity contribution in [2.24, 2.45) is 5.92 Å². The molecule has 2 N–H and O–H groups in total. The molecule has 1 fully saturated rings. The molecule has 128 valence electrons. The van der Waals surface area contributed by atoms with Crippen LogP contribution >= 0.6 is 0 Å². The number of H-pyrrole nitrogens is 1. The van der Waals surface area contributed by atoms with Gasteiger partial charge in [0.15, 0.2) is 0 Å². The number of fused-ring (bicyclic) bond motifs is 1. The van der Waals surface area contributed by atoms with E-state index in [0.717, 1.165) is 31.1 Å². The van der Waals surface area contributed by atoms with E-state index in [0.29, 0.717) is 17.2 Å². The minimum atomic E-state index is -0.447. The Bertz CT molecular complexity index is 750. The van der Waals surface area contributed by atoms with Gasteiger partial charge in [-0.25, -0.2) is 14.8 Å². The number of methoxy groups -OCH3 is 2. The Balaban J connectivity index is 1.73. The van der Waals surface area contributed by atoms with Gasteiger partial charge in [0.05, 0.1) is 25.5 Å². The van der Waals surface area contributed by atoms with E-state index in [1.54, 1.807) is 6.07 Å². The Kier molecular flexibility index (Phi) is 4.64. The molecule has 8 heteroatoms. The monoisotopic (exact) mass is 332 g/mol. The molecule has 2 aromatic heterocycles. The maximum absolute atomic E-state index is 11.6. The van der Waals surface area contributed by atoms with Gasteiger partial charge in [-0.05, 0) is 31.7 Å². The molecule has 1 aliphatic rings. The molecule has 0 saturated heterocycles. The summed E-state index contributed by atoms with van der Waals surface area (Å²) in [7, 11) is 2.76. The highest BCUT2D eigenvalue weighted by Gasteiger charge is 2.27. The number of ether oxygens (including phenoxy) is 2. The zero-order valence-electron chi connectivity index (χ0n) is 13.7. The first kappa shape index (κ1) is 16.2. The van der Waals surface area contributed by atoms with Gasteiger partial charge in [-0.3, -0.25) is 4.79 Å². The average molecular weight is 332 g/mol. The highest BCUT2D eigenvalue weighted by molar-refractivity contribution is 5.97. The number of aromatic nitrogens is 3. The van der Waals surface area contributed by atoms with Crippen LogP contribution in [0.1, 0.15) is 36.2 Å². The number of nitrogens with zero attached hydrogens (tertiary/aromatic N) is 2. The molecule has 0 unspecified atom stereocenters. The predicted octanol–water partition coefficient (Wildman–Crippen LogP) is 1.89. The van der Waals surface area contributed by atoms with E-state index in [1.807, 2.05) is 0 Å². The summed E-state index contributed by atoms with van der Waals surface area (Å²) in [5, 5.41) is 4.14. The Hall–Kier alpha value is -2.64. The number of aromatic amines is 1. The van der Waals surface area contributed by atoms with Crippen LogP contribution in [0.3, 0.4) is 0 Å². The molecule has 24 heavy (non-hydrogen) atoms. The van der Waals surface area contributed by atoms with Crippen LogP contribution in [-0.4, -0.2) is 47.2 Å². The highest BCUT2D eigenvalue weighted by atomic mass is 16.5. The Labute approximate surface area is 139 Å². The maximum atomic E-state index is 11.6. The number of anilines is 1. The van der Waals surface area contributed by atoms with Crippen molar-refractivity contribution in [3.05, 3.63) is 18.1 Å². The quantitative estimate of drug-likeness (QED) is 0.823. The second-order valence-electron chi connectivity index (χ2n) is 5.88. The molecule has 3 rings (SSSR count). The molecule has 0 atom stereocenters. The van der Waals surface area contributed by atoms with Gasteiger partial charge in [0.2, 0.25) is 0 Å². The lowest BCUT2D eigenvalue weighted by Crippen LogP contribution is -2.30. The molecule has 8 nitrogen and oxygen atoms in total. The fraction of sp³-hybridized carbons (Fsp3) is 0.500. The van der Waals surface area contributed by atoms with E-state index in [9.17, 15) is 9.59 Å². The largest absolute Gasteiger partial charge is 0.469 e. The van der Waals surface area contributed by atoms with Crippen molar-refractivity contribution in [2.75, 3.05) is 19.5 Å². The predicted molar refractivity (Wildman–Crippen MR) is 86.6 cm³/mol. The fourth-order valence-corrected chi connectivity index (χ4v) is 3.11. The zero-order valence-corrected chi connectivity index (χ0v) is 13.7. The van der Waals surface area contributed by atoms with Crippen LogP contribution in [0.4, 0.5) is 5.82 Å². The molecule has 0 aliphatic heterocycles. The second-order valence-corrected chi connectivity index (χ2v) is 5.88. The normalized spacial score (nSPS) is 20.6. The lowest BCUT2D eigenvalue weighted by atomic mass is 9.86. The Morgan fingerprint density at radius 3 is 2.58 bits per heavy atom. The third-order valence-corrected chi connectivity index (χ3v) is 4.43. The smallest absolute Gasteiger partial charge is 0.354 e. The first-order valence-electron chi connectivity index (χ1n) is 7.88. The molecule has 0 bridgehead atoms. The van der Waals surface area contributed by atoms with E-state index < -0.39 is 5.97 Å². The summed E-state index contributed by atoms with van der Waals surface area (Å²) in [6, 6.07) is 1.91. The summed E-state index contributed by atoms with van der Waals surface area (Å²) in [6.07, 6.45) is 4.75. The van der Waals surface area contributed by atoms with Crippen LogP contribution < -0.4 is 5.32 Å². The SMILES string of the molecule is COC(=O)c1cc2c(NC3CCC(C(=O)OC)CC3)ncnc2[nH]1. The maximum Gasteiger partial charge on any atom is 0.354 e. The summed E-state index contributed by atoms with van der Waals surface area (Å²) in [4.78, 5) is 34.6. The summed E-state index contributed by atoms with van der Waals surface area (Å²) < 4.78 is 9.53. The number of rotatable bonds is 4. The molecule has 0 amide bonds. The van der Waals surface area contributed by atoms with Crippen LogP contribution in [0.5, 0.6) is 0 Å². The third kappa shape index (κ3) is 3.17. The molecular weight excluding hydrogens is 312 g/mol. The van der Waals surface area contributed by atoms with E-state index >= 15 is 0 Å². The van der Waals surface area contributed by atoms with Crippen molar-refractivity contribution in [3.63, 3.8) is 0 Å². The summed E-state index contributed by atoms with van der Waals surface area (Å²) in [6.45, 7) is 0. The summed E-state index contributed by atoms with van der Waals surface area (Å²) in [5.74, 6) is 0.0772. The number of hydrogen-bond acceptors (Lipinski definition) is 7. The third-order valence-electron chi connectivity index (χ3n) is 4.43. The number of carbonyl (C=O) groups is 2. The first-order valence-corrected chi connectivity index (χ1v) is 7.88. The van der Waals surface area contributed by atoms with E-state index in [2.05, 4.69) is 20.3 Å². The number of hydrogen-bond donors (Lipinski definition) is 2. The van der Waals surface area contributed by atoms with E-state index in [4.69, 9.17) is 9.47 Å². The standard InChI is InChI=1S/C16H20N4O4/c1-23-15(21)9-3-5-10(6-4-9)19-13-11-7-12(16(22)24-2)20-14(11)18-8-17-13/h7-10H,3-6H2,1-2H3,(H2,17,18,19,20).